The van der Waals surface area contributed by atoms with E-state index in [0.29, 0.717) is 0 Å². The molecule has 10 aromatic rings. The molecule has 0 aliphatic rings. The van der Waals surface area contributed by atoms with Crippen molar-refractivity contribution in [2.75, 3.05) is 4.90 Å². The van der Waals surface area contributed by atoms with Crippen LogP contribution in [0.3, 0.4) is 0 Å². The van der Waals surface area contributed by atoms with Crippen molar-refractivity contribution < 1.29 is 4.42 Å². The van der Waals surface area contributed by atoms with Crippen LogP contribution in [0.15, 0.2) is 180 Å². The monoisotopic (exact) mass is 643 g/mol. The first kappa shape index (κ1) is 27.9. The van der Waals surface area contributed by atoms with Crippen molar-refractivity contribution in [3.8, 4) is 22.3 Å². The van der Waals surface area contributed by atoms with Crippen LogP contribution in [-0.4, -0.2) is 0 Å². The van der Waals surface area contributed by atoms with Gasteiger partial charge in [0.25, 0.3) is 0 Å². The third-order valence-electron chi connectivity index (χ3n) is 9.66. The Morgan fingerprint density at radius 1 is 0.408 bits per heavy atom. The van der Waals surface area contributed by atoms with E-state index in [0.717, 1.165) is 39.0 Å². The van der Waals surface area contributed by atoms with Crippen LogP contribution in [0.1, 0.15) is 0 Å². The molecule has 49 heavy (non-hydrogen) atoms. The number of para-hydroxylation sites is 2. The second-order valence-corrected chi connectivity index (χ2v) is 13.5. The van der Waals surface area contributed by atoms with Gasteiger partial charge in [-0.2, -0.15) is 0 Å². The highest BCUT2D eigenvalue weighted by Crippen LogP contribution is 2.46. The minimum Gasteiger partial charge on any atom is -0.456 e. The largest absolute Gasteiger partial charge is 0.456 e. The average molecular weight is 644 g/mol. The minimum absolute atomic E-state index is 0.873. The van der Waals surface area contributed by atoms with Crippen molar-refractivity contribution in [3.05, 3.63) is 176 Å². The molecular formula is C46H29NOS. The summed E-state index contributed by atoms with van der Waals surface area (Å²) in [5.41, 5.74) is 9.80. The zero-order valence-corrected chi connectivity index (χ0v) is 27.3. The Kier molecular flexibility index (Phi) is 6.39. The summed E-state index contributed by atoms with van der Waals surface area (Å²) in [5.74, 6) is 0. The summed E-state index contributed by atoms with van der Waals surface area (Å²) in [6.07, 6.45) is 0. The highest BCUT2D eigenvalue weighted by Gasteiger charge is 2.21. The van der Waals surface area contributed by atoms with Crippen LogP contribution in [0, 0.1) is 0 Å². The Bertz CT molecular complexity index is 2850. The summed E-state index contributed by atoms with van der Waals surface area (Å²) in [4.78, 5) is 2.39. The zero-order valence-electron chi connectivity index (χ0n) is 26.5. The van der Waals surface area contributed by atoms with E-state index in [2.05, 4.69) is 169 Å². The Labute approximate surface area is 287 Å². The minimum atomic E-state index is 0.873. The van der Waals surface area contributed by atoms with E-state index in [-0.39, 0.29) is 0 Å². The van der Waals surface area contributed by atoms with E-state index >= 15 is 0 Å². The SMILES string of the molecule is c1cc(-c2cccc3c2sc2ccccc23)cc(N(c2ccc3c(c2)oc2ccccc23)c2ccccc2-c2cccc3ccccc23)c1. The summed E-state index contributed by atoms with van der Waals surface area (Å²) in [6.45, 7) is 0. The quantitative estimate of drug-likeness (QED) is 0.186. The number of furan rings is 1. The zero-order chi connectivity index (χ0) is 32.3. The maximum atomic E-state index is 6.43. The first-order valence-electron chi connectivity index (χ1n) is 16.6. The predicted molar refractivity (Wildman–Crippen MR) is 210 cm³/mol. The summed E-state index contributed by atoms with van der Waals surface area (Å²) >= 11 is 1.87. The van der Waals surface area contributed by atoms with Gasteiger partial charge in [-0.25, -0.2) is 0 Å². The molecule has 0 aliphatic heterocycles. The van der Waals surface area contributed by atoms with Crippen molar-refractivity contribution in [2.24, 2.45) is 0 Å². The molecule has 0 saturated carbocycles. The van der Waals surface area contributed by atoms with Gasteiger partial charge in [0.1, 0.15) is 11.2 Å². The number of thiophene rings is 1. The van der Waals surface area contributed by atoms with Crippen LogP contribution >= 0.6 is 11.3 Å². The van der Waals surface area contributed by atoms with Crippen LogP contribution in [0.25, 0.3) is 75.1 Å². The molecule has 0 atom stereocenters. The molecule has 0 amide bonds. The smallest absolute Gasteiger partial charge is 0.137 e. The third kappa shape index (κ3) is 4.55. The van der Waals surface area contributed by atoms with Gasteiger partial charge >= 0.3 is 0 Å². The molecule has 10 rings (SSSR count). The van der Waals surface area contributed by atoms with Gasteiger partial charge < -0.3 is 9.32 Å². The molecule has 2 aromatic heterocycles. The van der Waals surface area contributed by atoms with Crippen molar-refractivity contribution in [2.45, 2.75) is 0 Å². The number of fused-ring (bicyclic) bond motifs is 7. The van der Waals surface area contributed by atoms with Crippen molar-refractivity contribution in [1.29, 1.82) is 0 Å². The fourth-order valence-electron chi connectivity index (χ4n) is 7.42. The molecule has 3 heteroatoms. The topological polar surface area (TPSA) is 16.4 Å². The van der Waals surface area contributed by atoms with Crippen LogP contribution in [0.5, 0.6) is 0 Å². The van der Waals surface area contributed by atoms with E-state index in [4.69, 9.17) is 4.42 Å². The van der Waals surface area contributed by atoms with Crippen molar-refractivity contribution >= 4 is 81.3 Å². The first-order chi connectivity index (χ1) is 24.3. The standard InChI is InChI=1S/C46H29NOS/c1-2-16-34-30(12-1)13-10-21-36(34)37-17-3-6-23-42(37)47(33-26-27-39-38-18-4-7-24-43(38)48-44(39)29-33)32-15-9-14-31(28-32)35-20-11-22-41-40-19-5-8-25-45(40)49-46(35)41/h1-29H. The summed E-state index contributed by atoms with van der Waals surface area (Å²) in [7, 11) is 0. The second-order valence-electron chi connectivity index (χ2n) is 12.5. The number of hydrogen-bond acceptors (Lipinski definition) is 3. The molecular weight excluding hydrogens is 615 g/mol. The molecule has 2 heterocycles. The van der Waals surface area contributed by atoms with Crippen LogP contribution in [0.2, 0.25) is 0 Å². The maximum absolute atomic E-state index is 6.43. The molecule has 0 fully saturated rings. The number of rotatable bonds is 5. The number of nitrogens with zero attached hydrogens (tertiary/aromatic N) is 1. The second kappa shape index (κ2) is 11.2. The van der Waals surface area contributed by atoms with Crippen molar-refractivity contribution in [3.63, 3.8) is 0 Å². The molecule has 0 bridgehead atoms. The maximum Gasteiger partial charge on any atom is 0.137 e. The predicted octanol–water partition coefficient (Wildman–Crippen LogP) is 13.9. The van der Waals surface area contributed by atoms with Crippen LogP contribution in [-0.2, 0) is 0 Å². The van der Waals surface area contributed by atoms with Gasteiger partial charge in [0.2, 0.25) is 0 Å². The normalized spacial score (nSPS) is 11.7. The van der Waals surface area contributed by atoms with Crippen LogP contribution < -0.4 is 4.90 Å². The molecule has 230 valence electrons. The summed E-state index contributed by atoms with van der Waals surface area (Å²) in [5, 5.41) is 7.32. The van der Waals surface area contributed by atoms with Crippen LogP contribution in [0.4, 0.5) is 17.1 Å². The summed E-state index contributed by atoms with van der Waals surface area (Å²) in [6, 6.07) is 63.2. The Morgan fingerprint density at radius 2 is 1.06 bits per heavy atom. The number of hydrogen-bond donors (Lipinski definition) is 0. The fourth-order valence-corrected chi connectivity index (χ4v) is 8.66. The fraction of sp³-hybridized carbons (Fsp3) is 0. The molecule has 0 aliphatic carbocycles. The number of anilines is 3. The van der Waals surface area contributed by atoms with E-state index in [1.807, 2.05) is 23.5 Å². The van der Waals surface area contributed by atoms with Gasteiger partial charge in [-0.05, 0) is 69.9 Å². The third-order valence-corrected chi connectivity index (χ3v) is 10.9. The van der Waals surface area contributed by atoms with E-state index in [1.165, 1.54) is 53.2 Å². The lowest BCUT2D eigenvalue weighted by atomic mass is 9.96. The van der Waals surface area contributed by atoms with Gasteiger partial charge in [-0.15, -0.1) is 11.3 Å². The highest BCUT2D eigenvalue weighted by molar-refractivity contribution is 7.26. The van der Waals surface area contributed by atoms with Gasteiger partial charge in [0, 0.05) is 53.9 Å². The number of benzene rings is 8. The molecule has 8 aromatic carbocycles. The van der Waals surface area contributed by atoms with Gasteiger partial charge in [-0.3, -0.25) is 0 Å². The molecule has 0 radical (unpaired) electrons. The van der Waals surface area contributed by atoms with Crippen molar-refractivity contribution in [1.82, 2.24) is 0 Å². The van der Waals surface area contributed by atoms with E-state index < -0.39 is 0 Å². The van der Waals surface area contributed by atoms with Gasteiger partial charge in [-0.1, -0.05) is 127 Å². The Hall–Kier alpha value is -6.16. The molecule has 0 unspecified atom stereocenters. The highest BCUT2D eigenvalue weighted by atomic mass is 32.1. The Morgan fingerprint density at radius 3 is 2.02 bits per heavy atom. The average Bonchev–Trinajstić information content (AvgIpc) is 3.73. The van der Waals surface area contributed by atoms with Gasteiger partial charge in [0.05, 0.1) is 5.69 Å². The lowest BCUT2D eigenvalue weighted by Crippen LogP contribution is -2.11. The van der Waals surface area contributed by atoms with E-state index in [9.17, 15) is 0 Å². The molecule has 2 nitrogen and oxygen atoms in total. The molecule has 0 saturated heterocycles. The summed E-state index contributed by atoms with van der Waals surface area (Å²) < 4.78 is 9.06. The molecule has 0 N–H and O–H groups in total. The van der Waals surface area contributed by atoms with Gasteiger partial charge in [0.15, 0.2) is 0 Å². The van der Waals surface area contributed by atoms with E-state index in [1.54, 1.807) is 0 Å². The lowest BCUT2D eigenvalue weighted by Gasteiger charge is -2.28. The first-order valence-corrected chi connectivity index (χ1v) is 17.4. The lowest BCUT2D eigenvalue weighted by molar-refractivity contribution is 0.669. The Balaban J connectivity index is 1.21. The molecule has 0 spiro atoms.